The summed E-state index contributed by atoms with van der Waals surface area (Å²) in [6, 6.07) is 10.5. The van der Waals surface area contributed by atoms with Crippen LogP contribution in [0, 0.1) is 6.92 Å². The Morgan fingerprint density at radius 3 is 2.65 bits per heavy atom. The van der Waals surface area contributed by atoms with E-state index in [2.05, 4.69) is 47.7 Å². The van der Waals surface area contributed by atoms with Gasteiger partial charge in [-0.25, -0.2) is 0 Å². The van der Waals surface area contributed by atoms with Crippen LogP contribution in [0.25, 0.3) is 0 Å². The number of hydrogen-bond donors (Lipinski definition) is 1. The molecule has 3 heteroatoms. The third-order valence-corrected chi connectivity index (χ3v) is 3.09. The van der Waals surface area contributed by atoms with Crippen molar-refractivity contribution in [2.75, 3.05) is 6.54 Å². The summed E-state index contributed by atoms with van der Waals surface area (Å²) < 4.78 is 1.91. The van der Waals surface area contributed by atoms with E-state index in [9.17, 15) is 0 Å². The van der Waals surface area contributed by atoms with Gasteiger partial charge in [-0.05, 0) is 25.5 Å². The smallest absolute Gasteiger partial charge is 0.0537 e. The number of nitrogens with zero attached hydrogens (tertiary/aromatic N) is 2. The van der Waals surface area contributed by atoms with Crippen LogP contribution in [-0.4, -0.2) is 16.3 Å². The summed E-state index contributed by atoms with van der Waals surface area (Å²) >= 11 is 0. The van der Waals surface area contributed by atoms with Crippen molar-refractivity contribution in [1.29, 1.82) is 0 Å². The van der Waals surface area contributed by atoms with E-state index >= 15 is 0 Å². The van der Waals surface area contributed by atoms with Gasteiger partial charge in [0, 0.05) is 24.8 Å². The van der Waals surface area contributed by atoms with Crippen LogP contribution in [0.2, 0.25) is 0 Å². The molecular weight excluding hydrogens is 210 g/mol. The van der Waals surface area contributed by atoms with E-state index in [4.69, 9.17) is 0 Å². The summed E-state index contributed by atoms with van der Waals surface area (Å²) in [5, 5.41) is 7.68. The first-order valence-electron chi connectivity index (χ1n) is 5.99. The van der Waals surface area contributed by atoms with Gasteiger partial charge in [0.05, 0.1) is 6.20 Å². The number of benzene rings is 1. The van der Waals surface area contributed by atoms with E-state index in [1.54, 1.807) is 0 Å². The quantitative estimate of drug-likeness (QED) is 0.795. The molecule has 0 amide bonds. The van der Waals surface area contributed by atoms with E-state index in [0.29, 0.717) is 0 Å². The lowest BCUT2D eigenvalue weighted by Crippen LogP contribution is -2.17. The normalized spacial score (nSPS) is 10.7. The zero-order chi connectivity index (χ0) is 12.1. The van der Waals surface area contributed by atoms with E-state index in [-0.39, 0.29) is 0 Å². The number of aromatic nitrogens is 2. The van der Waals surface area contributed by atoms with Crippen LogP contribution >= 0.6 is 0 Å². The topological polar surface area (TPSA) is 29.9 Å². The molecule has 0 fully saturated rings. The summed E-state index contributed by atoms with van der Waals surface area (Å²) in [5.41, 5.74) is 3.89. The van der Waals surface area contributed by atoms with Crippen molar-refractivity contribution in [3.8, 4) is 0 Å². The molecule has 0 aliphatic rings. The Hall–Kier alpha value is -1.61. The highest BCUT2D eigenvalue weighted by Crippen LogP contribution is 2.04. The molecule has 0 saturated heterocycles. The minimum absolute atomic E-state index is 0.895. The van der Waals surface area contributed by atoms with Gasteiger partial charge in [-0.1, -0.05) is 30.3 Å². The Kier molecular flexibility index (Phi) is 3.94. The summed E-state index contributed by atoms with van der Waals surface area (Å²) in [6.07, 6.45) is 3.00. The SMILES string of the molecule is Cc1c(CNCCc2ccccc2)cnn1C. The molecule has 90 valence electrons. The first-order valence-corrected chi connectivity index (χ1v) is 5.99. The van der Waals surface area contributed by atoms with Crippen LogP contribution in [-0.2, 0) is 20.0 Å². The van der Waals surface area contributed by atoms with E-state index in [1.807, 2.05) is 17.9 Å². The van der Waals surface area contributed by atoms with Crippen molar-refractivity contribution in [1.82, 2.24) is 15.1 Å². The van der Waals surface area contributed by atoms with Gasteiger partial charge in [-0.3, -0.25) is 4.68 Å². The Morgan fingerprint density at radius 1 is 1.24 bits per heavy atom. The Balaban J connectivity index is 1.75. The van der Waals surface area contributed by atoms with Crippen molar-refractivity contribution in [3.63, 3.8) is 0 Å². The van der Waals surface area contributed by atoms with E-state index < -0.39 is 0 Å². The molecule has 2 aromatic rings. The van der Waals surface area contributed by atoms with Gasteiger partial charge in [-0.15, -0.1) is 0 Å². The Labute approximate surface area is 102 Å². The predicted molar refractivity (Wildman–Crippen MR) is 69.8 cm³/mol. The number of nitrogens with one attached hydrogen (secondary N) is 1. The largest absolute Gasteiger partial charge is 0.312 e. The van der Waals surface area contributed by atoms with Gasteiger partial charge >= 0.3 is 0 Å². The molecule has 3 nitrogen and oxygen atoms in total. The summed E-state index contributed by atoms with van der Waals surface area (Å²) in [5.74, 6) is 0. The van der Waals surface area contributed by atoms with Gasteiger partial charge < -0.3 is 5.32 Å². The number of hydrogen-bond acceptors (Lipinski definition) is 2. The van der Waals surface area contributed by atoms with Crippen LogP contribution in [0.3, 0.4) is 0 Å². The minimum Gasteiger partial charge on any atom is -0.312 e. The zero-order valence-corrected chi connectivity index (χ0v) is 10.5. The average Bonchev–Trinajstić information content (AvgIpc) is 2.67. The fourth-order valence-corrected chi connectivity index (χ4v) is 1.82. The standard InChI is InChI=1S/C14H19N3/c1-12-14(11-16-17(12)2)10-15-9-8-13-6-4-3-5-7-13/h3-7,11,15H,8-10H2,1-2H3. The molecule has 1 aromatic heterocycles. The molecule has 0 bridgehead atoms. The summed E-state index contributed by atoms with van der Waals surface area (Å²) in [7, 11) is 1.98. The highest BCUT2D eigenvalue weighted by Gasteiger charge is 2.02. The first kappa shape index (κ1) is 11.9. The molecule has 0 aliphatic carbocycles. The second-order valence-corrected chi connectivity index (χ2v) is 4.29. The van der Waals surface area contributed by atoms with Crippen LogP contribution in [0.4, 0.5) is 0 Å². The molecule has 0 radical (unpaired) electrons. The zero-order valence-electron chi connectivity index (χ0n) is 10.5. The van der Waals surface area contributed by atoms with Gasteiger partial charge in [0.1, 0.15) is 0 Å². The lowest BCUT2D eigenvalue weighted by Gasteiger charge is -2.04. The summed E-state index contributed by atoms with van der Waals surface area (Å²) in [6.45, 7) is 3.99. The molecule has 0 aliphatic heterocycles. The molecule has 2 rings (SSSR count). The molecule has 1 heterocycles. The predicted octanol–water partition coefficient (Wildman–Crippen LogP) is 2.06. The molecular formula is C14H19N3. The molecule has 1 N–H and O–H groups in total. The fourth-order valence-electron chi connectivity index (χ4n) is 1.82. The fraction of sp³-hybridized carbons (Fsp3) is 0.357. The lowest BCUT2D eigenvalue weighted by molar-refractivity contribution is 0.679. The third kappa shape index (κ3) is 3.17. The maximum atomic E-state index is 4.23. The number of aryl methyl sites for hydroxylation is 1. The van der Waals surface area contributed by atoms with Gasteiger partial charge in [0.25, 0.3) is 0 Å². The van der Waals surface area contributed by atoms with Crippen LogP contribution in [0.5, 0.6) is 0 Å². The molecule has 17 heavy (non-hydrogen) atoms. The minimum atomic E-state index is 0.895. The van der Waals surface area contributed by atoms with Gasteiger partial charge in [0.15, 0.2) is 0 Å². The van der Waals surface area contributed by atoms with E-state index in [1.165, 1.54) is 16.8 Å². The molecule has 0 saturated carbocycles. The maximum absolute atomic E-state index is 4.23. The van der Waals surface area contributed by atoms with Crippen LogP contribution in [0.15, 0.2) is 36.5 Å². The second kappa shape index (κ2) is 5.64. The Morgan fingerprint density at radius 2 is 2.00 bits per heavy atom. The van der Waals surface area contributed by atoms with Crippen LogP contribution < -0.4 is 5.32 Å². The van der Waals surface area contributed by atoms with Gasteiger partial charge in [-0.2, -0.15) is 5.10 Å². The molecule has 0 unspecified atom stereocenters. The second-order valence-electron chi connectivity index (χ2n) is 4.29. The monoisotopic (exact) mass is 229 g/mol. The molecule has 0 spiro atoms. The van der Waals surface area contributed by atoms with Gasteiger partial charge in [0.2, 0.25) is 0 Å². The van der Waals surface area contributed by atoms with Crippen molar-refractivity contribution in [3.05, 3.63) is 53.3 Å². The lowest BCUT2D eigenvalue weighted by atomic mass is 10.1. The molecule has 0 atom stereocenters. The van der Waals surface area contributed by atoms with Crippen molar-refractivity contribution in [2.24, 2.45) is 7.05 Å². The average molecular weight is 229 g/mol. The first-order chi connectivity index (χ1) is 8.27. The summed E-state index contributed by atoms with van der Waals surface area (Å²) in [4.78, 5) is 0. The molecule has 1 aromatic carbocycles. The van der Waals surface area contributed by atoms with Crippen LogP contribution in [0.1, 0.15) is 16.8 Å². The van der Waals surface area contributed by atoms with Crippen molar-refractivity contribution < 1.29 is 0 Å². The highest BCUT2D eigenvalue weighted by molar-refractivity contribution is 5.16. The van der Waals surface area contributed by atoms with Crippen molar-refractivity contribution >= 4 is 0 Å². The van der Waals surface area contributed by atoms with Crippen molar-refractivity contribution in [2.45, 2.75) is 19.9 Å². The third-order valence-electron chi connectivity index (χ3n) is 3.09. The van der Waals surface area contributed by atoms with E-state index in [0.717, 1.165) is 19.5 Å². The number of rotatable bonds is 5. The Bertz CT molecular complexity index is 460. The highest BCUT2D eigenvalue weighted by atomic mass is 15.3. The maximum Gasteiger partial charge on any atom is 0.0537 e.